The molecule has 1 N–H and O–H groups in total. The van der Waals surface area contributed by atoms with Crippen molar-refractivity contribution in [1.82, 2.24) is 0 Å². The SMILES string of the molecule is CO/C=C(/C(=O)O)c1ccccc1OCCCCCCCCc1ccccc1. The van der Waals surface area contributed by atoms with E-state index in [1.807, 2.05) is 6.07 Å². The summed E-state index contributed by atoms with van der Waals surface area (Å²) in [4.78, 5) is 11.4. The monoisotopic (exact) mass is 382 g/mol. The molecule has 0 aromatic heterocycles. The summed E-state index contributed by atoms with van der Waals surface area (Å²) >= 11 is 0. The predicted molar refractivity (Wildman–Crippen MR) is 112 cm³/mol. The molecule has 0 radical (unpaired) electrons. The molecule has 0 aliphatic rings. The van der Waals surface area contributed by atoms with Crippen LogP contribution in [0.5, 0.6) is 5.75 Å². The molecule has 0 spiro atoms. The van der Waals surface area contributed by atoms with Crippen LogP contribution in [0.1, 0.15) is 49.7 Å². The Bertz CT molecular complexity index is 737. The molecule has 4 heteroatoms. The maximum Gasteiger partial charge on any atom is 0.339 e. The average molecular weight is 383 g/mol. The summed E-state index contributed by atoms with van der Waals surface area (Å²) in [5.74, 6) is -0.454. The fraction of sp³-hybridized carbons (Fsp3) is 0.375. The molecule has 0 aliphatic heterocycles. The molecule has 0 saturated heterocycles. The molecule has 2 aromatic rings. The molecule has 2 aromatic carbocycles. The summed E-state index contributed by atoms with van der Waals surface area (Å²) in [5.41, 5.74) is 2.05. The zero-order valence-corrected chi connectivity index (χ0v) is 16.6. The van der Waals surface area contributed by atoms with Crippen LogP contribution in [0.15, 0.2) is 60.9 Å². The maximum absolute atomic E-state index is 11.4. The van der Waals surface area contributed by atoms with E-state index in [1.165, 1.54) is 44.6 Å². The van der Waals surface area contributed by atoms with E-state index in [4.69, 9.17) is 9.47 Å². The summed E-state index contributed by atoms with van der Waals surface area (Å²) in [6, 6.07) is 17.8. The molecule has 150 valence electrons. The lowest BCUT2D eigenvalue weighted by molar-refractivity contribution is -0.130. The minimum absolute atomic E-state index is 0.0940. The first-order chi connectivity index (χ1) is 13.7. The van der Waals surface area contributed by atoms with E-state index in [1.54, 1.807) is 18.2 Å². The zero-order valence-electron chi connectivity index (χ0n) is 16.6. The molecule has 0 fully saturated rings. The number of unbranched alkanes of at least 4 members (excludes halogenated alkanes) is 5. The van der Waals surface area contributed by atoms with Crippen LogP contribution in [0.4, 0.5) is 0 Å². The van der Waals surface area contributed by atoms with Gasteiger partial charge >= 0.3 is 5.97 Å². The van der Waals surface area contributed by atoms with E-state index in [0.717, 1.165) is 19.3 Å². The molecule has 0 atom stereocenters. The molecule has 28 heavy (non-hydrogen) atoms. The fourth-order valence-corrected chi connectivity index (χ4v) is 3.13. The van der Waals surface area contributed by atoms with Crippen LogP contribution in [-0.2, 0) is 16.0 Å². The molecule has 0 aliphatic carbocycles. The number of carboxylic acid groups (broad SMARTS) is 1. The Hall–Kier alpha value is -2.75. The molecular weight excluding hydrogens is 352 g/mol. The third kappa shape index (κ3) is 7.47. The highest BCUT2D eigenvalue weighted by atomic mass is 16.5. The van der Waals surface area contributed by atoms with Crippen LogP contribution >= 0.6 is 0 Å². The van der Waals surface area contributed by atoms with Gasteiger partial charge in [0.25, 0.3) is 0 Å². The molecule has 0 bridgehead atoms. The van der Waals surface area contributed by atoms with Crippen molar-refractivity contribution in [2.75, 3.05) is 13.7 Å². The topological polar surface area (TPSA) is 55.8 Å². The van der Waals surface area contributed by atoms with Crippen molar-refractivity contribution < 1.29 is 19.4 Å². The molecule has 0 amide bonds. The summed E-state index contributed by atoms with van der Waals surface area (Å²) in [6.07, 6.45) is 9.39. The quantitative estimate of drug-likeness (QED) is 0.273. The highest BCUT2D eigenvalue weighted by molar-refractivity contribution is 6.15. The van der Waals surface area contributed by atoms with Crippen molar-refractivity contribution in [3.8, 4) is 5.75 Å². The number of para-hydroxylation sites is 1. The summed E-state index contributed by atoms with van der Waals surface area (Å²) in [7, 11) is 1.44. The summed E-state index contributed by atoms with van der Waals surface area (Å²) in [5, 5.41) is 9.36. The Morgan fingerprint density at radius 3 is 2.25 bits per heavy atom. The lowest BCUT2D eigenvalue weighted by atomic mass is 10.0. The number of benzene rings is 2. The summed E-state index contributed by atoms with van der Waals surface area (Å²) < 4.78 is 10.7. The number of carbonyl (C=O) groups is 1. The molecule has 4 nitrogen and oxygen atoms in total. The van der Waals surface area contributed by atoms with Crippen molar-refractivity contribution in [1.29, 1.82) is 0 Å². The van der Waals surface area contributed by atoms with E-state index in [9.17, 15) is 9.90 Å². The van der Waals surface area contributed by atoms with E-state index in [-0.39, 0.29) is 5.57 Å². The van der Waals surface area contributed by atoms with Crippen LogP contribution in [0, 0.1) is 0 Å². The van der Waals surface area contributed by atoms with Gasteiger partial charge in [0.05, 0.1) is 20.0 Å². The average Bonchev–Trinajstić information content (AvgIpc) is 2.72. The number of hydrogen-bond acceptors (Lipinski definition) is 3. The van der Waals surface area contributed by atoms with Gasteiger partial charge in [-0.2, -0.15) is 0 Å². The second-order valence-electron chi connectivity index (χ2n) is 6.77. The smallest absolute Gasteiger partial charge is 0.339 e. The lowest BCUT2D eigenvalue weighted by Gasteiger charge is -2.12. The van der Waals surface area contributed by atoms with Crippen molar-refractivity contribution in [3.05, 3.63) is 72.0 Å². The van der Waals surface area contributed by atoms with Crippen molar-refractivity contribution in [2.24, 2.45) is 0 Å². The molecule has 0 unspecified atom stereocenters. The minimum Gasteiger partial charge on any atom is -0.503 e. The van der Waals surface area contributed by atoms with Crippen molar-refractivity contribution in [2.45, 2.75) is 44.9 Å². The normalized spacial score (nSPS) is 11.2. The Balaban J connectivity index is 1.64. The highest BCUT2D eigenvalue weighted by Gasteiger charge is 2.15. The molecule has 2 rings (SSSR count). The second kappa shape index (κ2) is 12.6. The number of carboxylic acids is 1. The van der Waals surface area contributed by atoms with Crippen LogP contribution in [0.2, 0.25) is 0 Å². The van der Waals surface area contributed by atoms with E-state index >= 15 is 0 Å². The Labute approximate surface area is 167 Å². The van der Waals surface area contributed by atoms with Gasteiger partial charge in [-0.1, -0.05) is 74.2 Å². The Morgan fingerprint density at radius 2 is 1.54 bits per heavy atom. The van der Waals surface area contributed by atoms with Crippen molar-refractivity contribution >= 4 is 11.5 Å². The third-order valence-corrected chi connectivity index (χ3v) is 4.60. The van der Waals surface area contributed by atoms with Gasteiger partial charge in [0.1, 0.15) is 11.3 Å². The zero-order chi connectivity index (χ0) is 20.0. The molecule has 0 saturated carbocycles. The predicted octanol–water partition coefficient (Wildman–Crippen LogP) is 5.72. The maximum atomic E-state index is 11.4. The summed E-state index contributed by atoms with van der Waals surface area (Å²) in [6.45, 7) is 0.584. The largest absolute Gasteiger partial charge is 0.503 e. The van der Waals surface area contributed by atoms with Gasteiger partial charge < -0.3 is 14.6 Å². The van der Waals surface area contributed by atoms with Gasteiger partial charge in [-0.25, -0.2) is 4.79 Å². The molecule has 0 heterocycles. The van der Waals surface area contributed by atoms with Crippen LogP contribution in [0.3, 0.4) is 0 Å². The second-order valence-corrected chi connectivity index (χ2v) is 6.77. The van der Waals surface area contributed by atoms with Gasteiger partial charge in [-0.15, -0.1) is 0 Å². The van der Waals surface area contributed by atoms with Gasteiger partial charge in [0.15, 0.2) is 0 Å². The van der Waals surface area contributed by atoms with Gasteiger partial charge in [0.2, 0.25) is 0 Å². The molecular formula is C24H30O4. The fourth-order valence-electron chi connectivity index (χ4n) is 3.13. The lowest BCUT2D eigenvalue weighted by Crippen LogP contribution is -2.05. The number of hydrogen-bond donors (Lipinski definition) is 1. The first-order valence-corrected chi connectivity index (χ1v) is 9.94. The third-order valence-electron chi connectivity index (χ3n) is 4.60. The first-order valence-electron chi connectivity index (χ1n) is 9.94. The van der Waals surface area contributed by atoms with Crippen LogP contribution in [0.25, 0.3) is 5.57 Å². The van der Waals surface area contributed by atoms with Gasteiger partial charge in [0, 0.05) is 5.56 Å². The van der Waals surface area contributed by atoms with E-state index in [2.05, 4.69) is 30.3 Å². The number of ether oxygens (including phenoxy) is 2. The Kier molecular flexibility index (Phi) is 9.70. The Morgan fingerprint density at radius 1 is 0.893 bits per heavy atom. The van der Waals surface area contributed by atoms with Crippen LogP contribution in [-0.4, -0.2) is 24.8 Å². The number of aryl methyl sites for hydroxylation is 1. The van der Waals surface area contributed by atoms with Gasteiger partial charge in [-0.3, -0.25) is 0 Å². The standard InChI is InChI=1S/C24H30O4/c1-27-19-22(24(25)26)21-16-10-11-17-23(21)28-18-12-5-3-2-4-7-13-20-14-8-6-9-15-20/h6,8-11,14-17,19H,2-5,7,12-13,18H2,1H3,(H,25,26)/b22-19+. The number of aliphatic carboxylic acids is 1. The first kappa shape index (κ1) is 21.5. The number of rotatable bonds is 13. The van der Waals surface area contributed by atoms with Crippen LogP contribution < -0.4 is 4.74 Å². The number of methoxy groups -OCH3 is 1. The van der Waals surface area contributed by atoms with Gasteiger partial charge in [-0.05, 0) is 30.9 Å². The minimum atomic E-state index is -1.03. The highest BCUT2D eigenvalue weighted by Crippen LogP contribution is 2.26. The van der Waals surface area contributed by atoms with Crippen molar-refractivity contribution in [3.63, 3.8) is 0 Å². The van der Waals surface area contributed by atoms with E-state index < -0.39 is 5.97 Å². The van der Waals surface area contributed by atoms with E-state index in [0.29, 0.717) is 17.9 Å².